The minimum atomic E-state index is -4.44. The molecule has 4 rings (SSSR count). The first kappa shape index (κ1) is 32.1. The van der Waals surface area contributed by atoms with Gasteiger partial charge in [-0.1, -0.05) is 37.8 Å². The third-order valence-electron chi connectivity index (χ3n) is 7.52. The Balaban J connectivity index is 1.60. The highest BCUT2D eigenvalue weighted by Crippen LogP contribution is 2.45. The molecule has 0 amide bonds. The molecule has 2 N–H and O–H groups in total. The minimum absolute atomic E-state index is 0.0468. The molecule has 1 saturated heterocycles. The number of nitrogens with one attached hydrogen (secondary N) is 2. The molecule has 5 nitrogen and oxygen atoms in total. The van der Waals surface area contributed by atoms with Gasteiger partial charge in [0.15, 0.2) is 0 Å². The quantitative estimate of drug-likeness (QED) is 0.141. The standard InChI is InChI=1S/C30H35F5N3O2PS/c1-4-41(39,5-2)20-11-12-25(27(16-20)40-19-31)36-14-7-10-28-22(17-30(33,34)35)21-8-6-9-26(29(21)42-28)37-24-13-15-38(3)18-23(24)32/h6,8-9,11-12,16,23-24,36-37H,4-5,13-15,17-19H2,1-3H3. The Kier molecular flexibility index (Phi) is 10.4. The van der Waals surface area contributed by atoms with Gasteiger partial charge in [-0.3, -0.25) is 0 Å². The number of alkyl halides is 5. The molecular weight excluding hydrogens is 592 g/mol. The zero-order valence-corrected chi connectivity index (χ0v) is 25.5. The molecule has 0 aliphatic carbocycles. The molecule has 0 saturated carbocycles. The summed E-state index contributed by atoms with van der Waals surface area (Å²) >= 11 is 1.15. The molecule has 3 aromatic rings. The fourth-order valence-electron chi connectivity index (χ4n) is 5.12. The fraction of sp³-hybridized carbons (Fsp3) is 0.467. The monoisotopic (exact) mass is 627 g/mol. The van der Waals surface area contributed by atoms with E-state index >= 15 is 0 Å². The summed E-state index contributed by atoms with van der Waals surface area (Å²) in [5.41, 5.74) is 1.11. The number of likely N-dealkylation sites (tertiary alicyclic amines) is 1. The predicted octanol–water partition coefficient (Wildman–Crippen LogP) is 7.26. The van der Waals surface area contributed by atoms with Gasteiger partial charge in [0, 0.05) is 30.7 Å². The van der Waals surface area contributed by atoms with E-state index in [1.807, 2.05) is 25.8 Å². The maximum atomic E-state index is 14.7. The van der Waals surface area contributed by atoms with E-state index in [1.54, 1.807) is 36.4 Å². The molecular formula is C30H35F5N3O2PS. The van der Waals surface area contributed by atoms with Crippen LogP contribution in [0.25, 0.3) is 10.1 Å². The fourth-order valence-corrected chi connectivity index (χ4v) is 8.17. The smallest absolute Gasteiger partial charge is 0.393 e. The van der Waals surface area contributed by atoms with Gasteiger partial charge < -0.3 is 24.8 Å². The Bertz CT molecular complexity index is 1490. The SMILES string of the molecule is CCP(=O)(CC)c1ccc(NCC#Cc2sc3c(NC4CCN(C)CC4F)cccc3c2CC(F)(F)F)c(OCF)c1. The van der Waals surface area contributed by atoms with Crippen LogP contribution in [0.3, 0.4) is 0 Å². The number of anilines is 2. The lowest BCUT2D eigenvalue weighted by Gasteiger charge is -2.33. The van der Waals surface area contributed by atoms with Crippen molar-refractivity contribution in [1.82, 2.24) is 4.90 Å². The Labute approximate surface area is 247 Å². The van der Waals surface area contributed by atoms with Gasteiger partial charge in [-0.15, -0.1) is 11.3 Å². The van der Waals surface area contributed by atoms with Crippen LogP contribution in [-0.2, 0) is 11.0 Å². The second-order valence-electron chi connectivity index (χ2n) is 10.3. The van der Waals surface area contributed by atoms with E-state index in [2.05, 4.69) is 22.5 Å². The van der Waals surface area contributed by atoms with Crippen molar-refractivity contribution >= 4 is 45.2 Å². The molecule has 1 aliphatic heterocycles. The summed E-state index contributed by atoms with van der Waals surface area (Å²) in [6.45, 7) is 3.66. The molecule has 12 heteroatoms. The van der Waals surface area contributed by atoms with Crippen molar-refractivity contribution in [2.75, 3.05) is 56.5 Å². The summed E-state index contributed by atoms with van der Waals surface area (Å²) in [5.74, 6) is 5.95. The van der Waals surface area contributed by atoms with Gasteiger partial charge in [-0.25, -0.2) is 8.78 Å². The number of fused-ring (bicyclic) bond motifs is 1. The summed E-state index contributed by atoms with van der Waals surface area (Å²) in [7, 11) is -0.758. The maximum absolute atomic E-state index is 14.7. The number of halogens is 5. The van der Waals surface area contributed by atoms with E-state index in [0.29, 0.717) is 52.1 Å². The highest BCUT2D eigenvalue weighted by Gasteiger charge is 2.32. The summed E-state index contributed by atoms with van der Waals surface area (Å²) in [5, 5.41) is 7.29. The summed E-state index contributed by atoms with van der Waals surface area (Å²) < 4.78 is 87.4. The number of hydrogen-bond donors (Lipinski definition) is 2. The van der Waals surface area contributed by atoms with E-state index in [9.17, 15) is 26.5 Å². The zero-order chi connectivity index (χ0) is 30.5. The first-order valence-electron chi connectivity index (χ1n) is 13.8. The van der Waals surface area contributed by atoms with Gasteiger partial charge in [-0.2, -0.15) is 13.2 Å². The van der Waals surface area contributed by atoms with Crippen LogP contribution in [0, 0.1) is 11.8 Å². The van der Waals surface area contributed by atoms with Gasteiger partial charge in [0.05, 0.1) is 40.0 Å². The highest BCUT2D eigenvalue weighted by molar-refractivity contribution is 7.71. The molecule has 1 fully saturated rings. The van der Waals surface area contributed by atoms with Crippen molar-refractivity contribution in [3.63, 3.8) is 0 Å². The second-order valence-corrected chi connectivity index (χ2v) is 14.9. The van der Waals surface area contributed by atoms with Gasteiger partial charge in [0.1, 0.15) is 19.1 Å². The van der Waals surface area contributed by atoms with Crippen molar-refractivity contribution in [1.29, 1.82) is 0 Å². The maximum Gasteiger partial charge on any atom is 0.393 e. The molecule has 2 aromatic carbocycles. The van der Waals surface area contributed by atoms with Crippen LogP contribution in [-0.4, -0.2) is 69.2 Å². The molecule has 0 spiro atoms. The summed E-state index contributed by atoms with van der Waals surface area (Å²) in [4.78, 5) is 2.19. The number of rotatable bonds is 10. The van der Waals surface area contributed by atoms with Gasteiger partial charge in [-0.05, 0) is 48.7 Å². The normalized spacial score (nSPS) is 18.0. The lowest BCUT2D eigenvalue weighted by atomic mass is 10.0. The van der Waals surface area contributed by atoms with Crippen LogP contribution in [0.1, 0.15) is 30.7 Å². The summed E-state index contributed by atoms with van der Waals surface area (Å²) in [6.07, 6.45) is -5.17. The highest BCUT2D eigenvalue weighted by atomic mass is 32.1. The molecule has 2 heterocycles. The third kappa shape index (κ3) is 7.58. The van der Waals surface area contributed by atoms with E-state index in [1.165, 1.54) is 0 Å². The number of ether oxygens (including phenoxy) is 1. The largest absolute Gasteiger partial charge is 0.461 e. The molecule has 0 radical (unpaired) electrons. The lowest BCUT2D eigenvalue weighted by Crippen LogP contribution is -2.46. The van der Waals surface area contributed by atoms with E-state index in [-0.39, 0.29) is 22.7 Å². The molecule has 2 unspecified atom stereocenters. The Morgan fingerprint density at radius 2 is 1.93 bits per heavy atom. The average molecular weight is 628 g/mol. The number of hydrogen-bond acceptors (Lipinski definition) is 6. The first-order chi connectivity index (χ1) is 20.0. The van der Waals surface area contributed by atoms with E-state index < -0.39 is 38.8 Å². The van der Waals surface area contributed by atoms with Crippen LogP contribution in [0.2, 0.25) is 0 Å². The van der Waals surface area contributed by atoms with Crippen LogP contribution < -0.4 is 20.7 Å². The minimum Gasteiger partial charge on any atom is -0.461 e. The molecule has 0 bridgehead atoms. The van der Waals surface area contributed by atoms with Crippen molar-refractivity contribution in [3.8, 4) is 17.6 Å². The zero-order valence-electron chi connectivity index (χ0n) is 23.8. The number of benzene rings is 2. The van der Waals surface area contributed by atoms with Crippen molar-refractivity contribution in [3.05, 3.63) is 46.8 Å². The van der Waals surface area contributed by atoms with Crippen molar-refractivity contribution < 1.29 is 31.3 Å². The predicted molar refractivity (Wildman–Crippen MR) is 163 cm³/mol. The molecule has 2 atom stereocenters. The third-order valence-corrected chi connectivity index (χ3v) is 12.0. The van der Waals surface area contributed by atoms with Gasteiger partial charge in [0.25, 0.3) is 0 Å². The number of piperidine rings is 1. The van der Waals surface area contributed by atoms with E-state index in [4.69, 9.17) is 4.74 Å². The second kappa shape index (κ2) is 13.7. The van der Waals surface area contributed by atoms with Gasteiger partial charge in [0.2, 0.25) is 6.86 Å². The Morgan fingerprint density at radius 1 is 1.17 bits per heavy atom. The van der Waals surface area contributed by atoms with E-state index in [0.717, 1.165) is 17.9 Å². The molecule has 1 aliphatic rings. The Hall–Kier alpha value is -2.80. The Morgan fingerprint density at radius 3 is 2.60 bits per heavy atom. The first-order valence-corrected chi connectivity index (χ1v) is 16.7. The summed E-state index contributed by atoms with van der Waals surface area (Å²) in [6, 6.07) is 9.55. The topological polar surface area (TPSA) is 53.6 Å². The lowest BCUT2D eigenvalue weighted by molar-refractivity contribution is -0.126. The number of thiophene rings is 1. The van der Waals surface area contributed by atoms with Crippen molar-refractivity contribution in [2.24, 2.45) is 0 Å². The van der Waals surface area contributed by atoms with Crippen LogP contribution in [0.4, 0.5) is 33.3 Å². The average Bonchev–Trinajstić information content (AvgIpc) is 3.29. The molecule has 228 valence electrons. The van der Waals surface area contributed by atoms with Crippen LogP contribution in [0.15, 0.2) is 36.4 Å². The molecule has 42 heavy (non-hydrogen) atoms. The number of nitrogens with zero attached hydrogens (tertiary/aromatic N) is 1. The van der Waals surface area contributed by atoms with Gasteiger partial charge >= 0.3 is 6.18 Å². The van der Waals surface area contributed by atoms with Crippen LogP contribution in [0.5, 0.6) is 5.75 Å². The van der Waals surface area contributed by atoms with Crippen molar-refractivity contribution in [2.45, 2.75) is 45.1 Å². The molecule has 1 aromatic heterocycles. The van der Waals surface area contributed by atoms with Crippen LogP contribution >= 0.6 is 18.5 Å².